The average molecular weight is 374 g/mol. The molecule has 0 aliphatic rings. The fourth-order valence-corrected chi connectivity index (χ4v) is 2.98. The van der Waals surface area contributed by atoms with Crippen LogP contribution in [0.4, 0.5) is 0 Å². The maximum atomic E-state index is 5.89. The quantitative estimate of drug-likeness (QED) is 0.442. The van der Waals surface area contributed by atoms with Crippen molar-refractivity contribution in [1.82, 2.24) is 15.2 Å². The van der Waals surface area contributed by atoms with Gasteiger partial charge in [-0.15, -0.1) is 10.2 Å². The van der Waals surface area contributed by atoms with E-state index in [0.29, 0.717) is 27.8 Å². The first-order valence-corrected chi connectivity index (χ1v) is 8.76. The molecule has 0 fully saturated rings. The van der Waals surface area contributed by atoms with E-state index in [1.54, 1.807) is 30.7 Å². The van der Waals surface area contributed by atoms with Gasteiger partial charge in [-0.3, -0.25) is 0 Å². The number of hydrogen-bond donors (Lipinski definition) is 0. The van der Waals surface area contributed by atoms with Gasteiger partial charge in [0, 0.05) is 16.3 Å². The van der Waals surface area contributed by atoms with E-state index in [4.69, 9.17) is 24.9 Å². The normalized spacial score (nSPS) is 11.1. The first-order valence-electron chi connectivity index (χ1n) is 7.40. The molecule has 0 aliphatic heterocycles. The Labute approximate surface area is 152 Å². The second-order valence-electron chi connectivity index (χ2n) is 5.20. The molecule has 0 amide bonds. The lowest BCUT2D eigenvalue weighted by Crippen LogP contribution is -1.82. The van der Waals surface area contributed by atoms with Gasteiger partial charge < -0.3 is 13.3 Å². The van der Waals surface area contributed by atoms with Crippen molar-refractivity contribution in [2.75, 3.05) is 0 Å². The molecule has 0 saturated carbocycles. The zero-order valence-corrected chi connectivity index (χ0v) is 14.7. The van der Waals surface area contributed by atoms with Gasteiger partial charge in [0.15, 0.2) is 0 Å². The van der Waals surface area contributed by atoms with Gasteiger partial charge in [0.1, 0.15) is 12.0 Å². The molecule has 0 aliphatic carbocycles. The molecule has 3 aromatic heterocycles. The Bertz CT molecular complexity index is 991. The van der Waals surface area contributed by atoms with Gasteiger partial charge in [-0.25, -0.2) is 4.98 Å². The highest BCUT2D eigenvalue weighted by Gasteiger charge is 2.14. The Kier molecular flexibility index (Phi) is 4.33. The molecule has 0 spiro atoms. The van der Waals surface area contributed by atoms with E-state index in [1.807, 2.05) is 19.1 Å². The van der Waals surface area contributed by atoms with Gasteiger partial charge in [0.2, 0.25) is 5.89 Å². The fourth-order valence-electron chi connectivity index (χ4n) is 2.22. The second-order valence-corrected chi connectivity index (χ2v) is 6.57. The van der Waals surface area contributed by atoms with Crippen LogP contribution in [0.5, 0.6) is 0 Å². The van der Waals surface area contributed by atoms with Crippen LogP contribution in [0.3, 0.4) is 0 Å². The Morgan fingerprint density at radius 1 is 1.04 bits per heavy atom. The van der Waals surface area contributed by atoms with Crippen molar-refractivity contribution in [2.24, 2.45) is 0 Å². The van der Waals surface area contributed by atoms with E-state index in [1.165, 1.54) is 11.8 Å². The first kappa shape index (κ1) is 16.0. The zero-order chi connectivity index (χ0) is 17.2. The number of oxazole rings is 1. The van der Waals surface area contributed by atoms with Crippen molar-refractivity contribution in [2.45, 2.75) is 17.9 Å². The van der Waals surface area contributed by atoms with Crippen molar-refractivity contribution in [3.8, 4) is 22.9 Å². The smallest absolute Gasteiger partial charge is 0.277 e. The lowest BCUT2D eigenvalue weighted by atomic mass is 10.2. The Hall–Kier alpha value is -2.51. The Balaban J connectivity index is 1.43. The summed E-state index contributed by atoms with van der Waals surface area (Å²) in [6, 6.07) is 9.12. The third-order valence-corrected chi connectivity index (χ3v) is 4.59. The van der Waals surface area contributed by atoms with Gasteiger partial charge >= 0.3 is 0 Å². The minimum Gasteiger partial charge on any atom is -0.469 e. The summed E-state index contributed by atoms with van der Waals surface area (Å²) >= 11 is 7.28. The number of halogens is 1. The number of thioether (sulfide) groups is 1. The highest BCUT2D eigenvalue weighted by Crippen LogP contribution is 2.28. The van der Waals surface area contributed by atoms with E-state index >= 15 is 0 Å². The highest BCUT2D eigenvalue weighted by atomic mass is 35.5. The van der Waals surface area contributed by atoms with Gasteiger partial charge in [-0.1, -0.05) is 23.4 Å². The molecular formula is C17H12ClN3O3S. The SMILES string of the molecule is Cc1occc1-c1nnc(SCc2coc(-c3ccc(Cl)cc3)n2)o1. The van der Waals surface area contributed by atoms with E-state index in [-0.39, 0.29) is 0 Å². The predicted octanol–water partition coefficient (Wildman–Crippen LogP) is 5.24. The number of hydrogen-bond acceptors (Lipinski definition) is 7. The topological polar surface area (TPSA) is 78.1 Å². The van der Waals surface area contributed by atoms with E-state index in [0.717, 1.165) is 22.6 Å². The molecule has 0 unspecified atom stereocenters. The lowest BCUT2D eigenvalue weighted by Gasteiger charge is -1.94. The van der Waals surface area contributed by atoms with Gasteiger partial charge in [-0.2, -0.15) is 0 Å². The lowest BCUT2D eigenvalue weighted by molar-refractivity contribution is 0.463. The molecule has 0 bridgehead atoms. The zero-order valence-electron chi connectivity index (χ0n) is 13.1. The molecule has 0 N–H and O–H groups in total. The molecular weight excluding hydrogens is 362 g/mol. The molecule has 4 rings (SSSR count). The Morgan fingerprint density at radius 2 is 1.88 bits per heavy atom. The van der Waals surface area contributed by atoms with Gasteiger partial charge in [0.05, 0.1) is 17.5 Å². The van der Waals surface area contributed by atoms with Crippen LogP contribution in [0.25, 0.3) is 22.9 Å². The van der Waals surface area contributed by atoms with Crippen LogP contribution in [0.1, 0.15) is 11.5 Å². The summed E-state index contributed by atoms with van der Waals surface area (Å²) < 4.78 is 16.4. The highest BCUT2D eigenvalue weighted by molar-refractivity contribution is 7.98. The second kappa shape index (κ2) is 6.78. The summed E-state index contributed by atoms with van der Waals surface area (Å²) in [5, 5.41) is 9.21. The number of benzene rings is 1. The van der Waals surface area contributed by atoms with Crippen LogP contribution >= 0.6 is 23.4 Å². The van der Waals surface area contributed by atoms with Gasteiger partial charge in [0.25, 0.3) is 11.1 Å². The number of furan rings is 1. The molecule has 0 atom stereocenters. The van der Waals surface area contributed by atoms with Crippen molar-refractivity contribution in [3.05, 3.63) is 59.3 Å². The molecule has 126 valence electrons. The number of aryl methyl sites for hydroxylation is 1. The average Bonchev–Trinajstić information content (AvgIpc) is 3.33. The number of rotatable bonds is 5. The largest absolute Gasteiger partial charge is 0.469 e. The van der Waals surface area contributed by atoms with E-state index in [2.05, 4.69) is 15.2 Å². The van der Waals surface area contributed by atoms with Crippen LogP contribution in [0.15, 0.2) is 61.3 Å². The van der Waals surface area contributed by atoms with Crippen molar-refractivity contribution < 1.29 is 13.3 Å². The van der Waals surface area contributed by atoms with Gasteiger partial charge in [-0.05, 0) is 37.3 Å². The third kappa shape index (κ3) is 3.47. The molecule has 0 saturated heterocycles. The van der Waals surface area contributed by atoms with Crippen LogP contribution in [-0.2, 0) is 5.75 Å². The molecule has 8 heteroatoms. The standard InChI is InChI=1S/C17H12ClN3O3S/c1-10-14(6-7-22-10)16-20-21-17(24-16)25-9-13-8-23-15(19-13)11-2-4-12(18)5-3-11/h2-8H,9H2,1H3. The summed E-state index contributed by atoms with van der Waals surface area (Å²) in [6.45, 7) is 1.85. The molecule has 3 heterocycles. The third-order valence-electron chi connectivity index (χ3n) is 3.48. The molecule has 1 aromatic carbocycles. The van der Waals surface area contributed by atoms with Crippen molar-refractivity contribution in [1.29, 1.82) is 0 Å². The summed E-state index contributed by atoms with van der Waals surface area (Å²) in [5.41, 5.74) is 2.45. The predicted molar refractivity (Wildman–Crippen MR) is 93.2 cm³/mol. The molecule has 6 nitrogen and oxygen atoms in total. The van der Waals surface area contributed by atoms with Crippen LogP contribution < -0.4 is 0 Å². The minimum absolute atomic E-state index is 0.441. The number of aromatic nitrogens is 3. The number of nitrogens with zero attached hydrogens (tertiary/aromatic N) is 3. The van der Waals surface area contributed by atoms with Crippen molar-refractivity contribution in [3.63, 3.8) is 0 Å². The molecule has 25 heavy (non-hydrogen) atoms. The van der Waals surface area contributed by atoms with Crippen LogP contribution in [0, 0.1) is 6.92 Å². The maximum absolute atomic E-state index is 5.89. The summed E-state index contributed by atoms with van der Waals surface area (Å²) in [5.74, 6) is 2.29. The van der Waals surface area contributed by atoms with Crippen LogP contribution in [-0.4, -0.2) is 15.2 Å². The minimum atomic E-state index is 0.441. The first-order chi connectivity index (χ1) is 12.2. The summed E-state index contributed by atoms with van der Waals surface area (Å²) in [6.07, 6.45) is 3.21. The summed E-state index contributed by atoms with van der Waals surface area (Å²) in [7, 11) is 0. The maximum Gasteiger partial charge on any atom is 0.277 e. The van der Waals surface area contributed by atoms with E-state index < -0.39 is 0 Å². The fraction of sp³-hybridized carbons (Fsp3) is 0.118. The summed E-state index contributed by atoms with van der Waals surface area (Å²) in [4.78, 5) is 4.46. The molecule has 4 aromatic rings. The molecule has 0 radical (unpaired) electrons. The van der Waals surface area contributed by atoms with E-state index in [9.17, 15) is 0 Å². The van der Waals surface area contributed by atoms with Crippen LogP contribution in [0.2, 0.25) is 5.02 Å². The Morgan fingerprint density at radius 3 is 2.64 bits per heavy atom. The monoisotopic (exact) mass is 373 g/mol. The van der Waals surface area contributed by atoms with Crippen molar-refractivity contribution >= 4 is 23.4 Å².